The van der Waals surface area contributed by atoms with Gasteiger partial charge in [-0.2, -0.15) is 5.10 Å². The quantitative estimate of drug-likeness (QED) is 0.634. The number of methoxy groups -OCH3 is 1. The molecule has 108 valence electrons. The van der Waals surface area contributed by atoms with Gasteiger partial charge in [-0.3, -0.25) is 4.68 Å². The first-order valence-corrected chi connectivity index (χ1v) is 6.42. The van der Waals surface area contributed by atoms with Crippen molar-refractivity contribution in [3.05, 3.63) is 24.3 Å². The molecule has 1 atom stereocenters. The minimum atomic E-state index is -0.552. The van der Waals surface area contributed by atoms with Gasteiger partial charge in [0.2, 0.25) is 0 Å². The summed E-state index contributed by atoms with van der Waals surface area (Å²) in [7, 11) is 3.51. The second kappa shape index (κ2) is 5.56. The molecule has 0 fully saturated rings. The van der Waals surface area contributed by atoms with Gasteiger partial charge in [0.05, 0.1) is 11.9 Å². The molecule has 2 heterocycles. The van der Waals surface area contributed by atoms with Gasteiger partial charge in [0.15, 0.2) is 5.82 Å². The molecule has 2 aromatic heterocycles. The smallest absolute Gasteiger partial charge is 0.162 e. The van der Waals surface area contributed by atoms with Gasteiger partial charge < -0.3 is 10.2 Å². The van der Waals surface area contributed by atoms with Crippen molar-refractivity contribution in [2.45, 2.75) is 25.9 Å². The summed E-state index contributed by atoms with van der Waals surface area (Å²) < 4.78 is 7.28. The molecule has 0 aliphatic heterocycles. The predicted octanol–water partition coefficient (Wildman–Crippen LogP) is 1.43. The van der Waals surface area contributed by atoms with Crippen LogP contribution in [0.15, 0.2) is 18.5 Å². The van der Waals surface area contributed by atoms with E-state index in [-0.39, 0.29) is 0 Å². The first kappa shape index (κ1) is 14.4. The maximum atomic E-state index is 5.55. The van der Waals surface area contributed by atoms with E-state index in [0.29, 0.717) is 11.6 Å². The minimum absolute atomic E-state index is 0.547. The van der Waals surface area contributed by atoms with Gasteiger partial charge >= 0.3 is 0 Å². The fourth-order valence-electron chi connectivity index (χ4n) is 1.85. The highest BCUT2D eigenvalue weighted by Crippen LogP contribution is 2.28. The topological polar surface area (TPSA) is 90.9 Å². The number of nitrogen functional groups attached to an aromatic ring is 1. The van der Waals surface area contributed by atoms with E-state index in [2.05, 4.69) is 20.5 Å². The van der Waals surface area contributed by atoms with Crippen LogP contribution in [0.1, 0.15) is 26.1 Å². The van der Waals surface area contributed by atoms with E-state index >= 15 is 0 Å². The lowest BCUT2D eigenvalue weighted by Crippen LogP contribution is -2.27. The molecule has 3 N–H and O–H groups in total. The Labute approximate surface area is 118 Å². The Bertz CT molecular complexity index is 590. The van der Waals surface area contributed by atoms with Crippen molar-refractivity contribution in [2.24, 2.45) is 12.9 Å². The third-order valence-corrected chi connectivity index (χ3v) is 3.47. The number of nitrogens with two attached hydrogens (primary N) is 1. The van der Waals surface area contributed by atoms with Crippen LogP contribution in [-0.4, -0.2) is 26.9 Å². The third-order valence-electron chi connectivity index (χ3n) is 3.47. The maximum Gasteiger partial charge on any atom is 0.162 e. The number of rotatable bonds is 5. The van der Waals surface area contributed by atoms with Gasteiger partial charge in [-0.15, -0.1) is 0 Å². The molecular weight excluding hydrogens is 256 g/mol. The number of anilines is 1. The summed E-state index contributed by atoms with van der Waals surface area (Å²) in [5.74, 6) is 6.64. The Morgan fingerprint density at radius 2 is 2.20 bits per heavy atom. The number of hydrogen-bond acceptors (Lipinski definition) is 6. The number of hydrazine groups is 1. The zero-order valence-electron chi connectivity index (χ0n) is 12.2. The number of hydrogen-bond donors (Lipinski definition) is 2. The highest BCUT2D eigenvalue weighted by molar-refractivity contribution is 5.60. The van der Waals surface area contributed by atoms with Gasteiger partial charge in [0.25, 0.3) is 0 Å². The summed E-state index contributed by atoms with van der Waals surface area (Å²) in [6, 6.07) is 1.78. The lowest BCUT2D eigenvalue weighted by Gasteiger charge is -2.25. The van der Waals surface area contributed by atoms with Crippen molar-refractivity contribution in [3.63, 3.8) is 0 Å². The molecule has 0 amide bonds. The molecule has 0 aromatic carbocycles. The monoisotopic (exact) mass is 276 g/mol. The van der Waals surface area contributed by atoms with Crippen LogP contribution < -0.4 is 11.3 Å². The summed E-state index contributed by atoms with van der Waals surface area (Å²) in [5, 5.41) is 4.15. The number of aromatic nitrogens is 4. The Kier molecular flexibility index (Phi) is 4.01. The van der Waals surface area contributed by atoms with E-state index < -0.39 is 5.60 Å². The highest BCUT2D eigenvalue weighted by Gasteiger charge is 2.28. The molecule has 7 heteroatoms. The van der Waals surface area contributed by atoms with Crippen molar-refractivity contribution in [1.29, 1.82) is 0 Å². The Morgan fingerprint density at radius 3 is 2.70 bits per heavy atom. The van der Waals surface area contributed by atoms with E-state index in [1.54, 1.807) is 24.1 Å². The van der Waals surface area contributed by atoms with E-state index in [0.717, 1.165) is 17.7 Å². The molecule has 2 aromatic rings. The highest BCUT2D eigenvalue weighted by atomic mass is 16.5. The van der Waals surface area contributed by atoms with Gasteiger partial charge in [0, 0.05) is 32.0 Å². The van der Waals surface area contributed by atoms with Crippen LogP contribution in [-0.2, 0) is 17.4 Å². The normalized spacial score (nSPS) is 14.1. The van der Waals surface area contributed by atoms with Crippen molar-refractivity contribution in [2.75, 3.05) is 12.5 Å². The standard InChI is InChI=1S/C13H20N6O/c1-5-13(2,20-4)12-16-10(6-11(17-12)18-14)9-7-15-19(3)8-9/h6-8H,5,14H2,1-4H3,(H,16,17,18). The zero-order valence-corrected chi connectivity index (χ0v) is 12.2. The van der Waals surface area contributed by atoms with Gasteiger partial charge in [-0.05, 0) is 13.3 Å². The fraction of sp³-hybridized carbons (Fsp3) is 0.462. The number of nitrogens with one attached hydrogen (secondary N) is 1. The lowest BCUT2D eigenvalue weighted by molar-refractivity contribution is -0.00877. The summed E-state index contributed by atoms with van der Waals surface area (Å²) >= 11 is 0. The largest absolute Gasteiger partial charge is 0.371 e. The van der Waals surface area contributed by atoms with Gasteiger partial charge in [-0.25, -0.2) is 15.8 Å². The van der Waals surface area contributed by atoms with E-state index in [1.807, 2.05) is 27.1 Å². The second-order valence-corrected chi connectivity index (χ2v) is 4.80. The number of nitrogens with zero attached hydrogens (tertiary/aromatic N) is 4. The van der Waals surface area contributed by atoms with E-state index in [1.165, 1.54) is 0 Å². The van der Waals surface area contributed by atoms with Crippen molar-refractivity contribution in [3.8, 4) is 11.3 Å². The molecule has 0 radical (unpaired) electrons. The average molecular weight is 276 g/mol. The van der Waals surface area contributed by atoms with E-state index in [4.69, 9.17) is 10.6 Å². The third kappa shape index (κ3) is 2.63. The molecule has 20 heavy (non-hydrogen) atoms. The van der Waals surface area contributed by atoms with Crippen molar-refractivity contribution >= 4 is 5.82 Å². The zero-order chi connectivity index (χ0) is 14.8. The molecule has 0 aliphatic rings. The van der Waals surface area contributed by atoms with Crippen LogP contribution in [0.2, 0.25) is 0 Å². The molecule has 7 nitrogen and oxygen atoms in total. The molecule has 0 saturated carbocycles. The van der Waals surface area contributed by atoms with Crippen LogP contribution in [0.4, 0.5) is 5.82 Å². The summed E-state index contributed by atoms with van der Waals surface area (Å²) in [4.78, 5) is 8.99. The van der Waals surface area contributed by atoms with Crippen LogP contribution in [0.5, 0.6) is 0 Å². The molecule has 2 rings (SSSR count). The van der Waals surface area contributed by atoms with Gasteiger partial charge in [-0.1, -0.05) is 6.92 Å². The van der Waals surface area contributed by atoms with Crippen LogP contribution >= 0.6 is 0 Å². The lowest BCUT2D eigenvalue weighted by atomic mass is 10.0. The van der Waals surface area contributed by atoms with E-state index in [9.17, 15) is 0 Å². The van der Waals surface area contributed by atoms with Gasteiger partial charge in [0.1, 0.15) is 11.4 Å². The summed E-state index contributed by atoms with van der Waals surface area (Å²) in [6.45, 7) is 3.98. The first-order valence-electron chi connectivity index (χ1n) is 6.42. The molecule has 0 bridgehead atoms. The minimum Gasteiger partial charge on any atom is -0.371 e. The molecule has 1 unspecified atom stereocenters. The van der Waals surface area contributed by atoms with Crippen molar-refractivity contribution < 1.29 is 4.74 Å². The Balaban J connectivity index is 2.54. The van der Waals surface area contributed by atoms with Crippen molar-refractivity contribution in [1.82, 2.24) is 19.7 Å². The average Bonchev–Trinajstić information content (AvgIpc) is 2.92. The van der Waals surface area contributed by atoms with Crippen LogP contribution in [0.25, 0.3) is 11.3 Å². The number of ether oxygens (including phenoxy) is 1. The summed E-state index contributed by atoms with van der Waals surface area (Å²) in [6.07, 6.45) is 4.40. The predicted molar refractivity (Wildman–Crippen MR) is 76.7 cm³/mol. The summed E-state index contributed by atoms with van der Waals surface area (Å²) in [5.41, 5.74) is 3.68. The molecular formula is C13H20N6O. The fourth-order valence-corrected chi connectivity index (χ4v) is 1.85. The Hall–Kier alpha value is -1.99. The Morgan fingerprint density at radius 1 is 1.45 bits per heavy atom. The van der Waals surface area contributed by atoms with Crippen LogP contribution in [0.3, 0.4) is 0 Å². The molecule has 0 aliphatic carbocycles. The molecule has 0 saturated heterocycles. The van der Waals surface area contributed by atoms with Crippen LogP contribution in [0, 0.1) is 0 Å². The SMILES string of the molecule is CCC(C)(OC)c1nc(NN)cc(-c2cnn(C)c2)n1. The first-order chi connectivity index (χ1) is 9.52. The second-order valence-electron chi connectivity index (χ2n) is 4.80. The maximum absolute atomic E-state index is 5.55. The molecule has 0 spiro atoms. The number of aryl methyl sites for hydroxylation is 1.